The Kier molecular flexibility index (Phi) is 4.87. The molecule has 0 saturated carbocycles. The molecule has 0 bridgehead atoms. The summed E-state index contributed by atoms with van der Waals surface area (Å²) in [7, 11) is 0. The monoisotopic (exact) mass is 234 g/mol. The van der Waals surface area contributed by atoms with Crippen molar-refractivity contribution in [3.63, 3.8) is 0 Å². The van der Waals surface area contributed by atoms with Gasteiger partial charge in [0.25, 0.3) is 0 Å². The van der Waals surface area contributed by atoms with Crippen LogP contribution in [-0.2, 0) is 9.53 Å². The predicted molar refractivity (Wildman–Crippen MR) is 63.1 cm³/mol. The van der Waals surface area contributed by atoms with E-state index in [2.05, 4.69) is 5.32 Å². The van der Waals surface area contributed by atoms with Crippen molar-refractivity contribution in [3.8, 4) is 0 Å². The molecule has 2 N–H and O–H groups in total. The third-order valence-corrected chi connectivity index (χ3v) is 2.10. The molecule has 0 aliphatic heterocycles. The van der Waals surface area contributed by atoms with Crippen molar-refractivity contribution in [3.05, 3.63) is 35.9 Å². The number of ether oxygens (including phenoxy) is 1. The molecule has 0 heterocycles. The van der Waals surface area contributed by atoms with Crippen molar-refractivity contribution in [2.45, 2.75) is 13.0 Å². The number of ketones is 1. The summed E-state index contributed by atoms with van der Waals surface area (Å²) in [6.07, 6.45) is 0.0146. The van der Waals surface area contributed by atoms with Gasteiger partial charge < -0.3 is 15.5 Å². The standard InChI is InChI=1S/C12H14N2O3/c1-2-17-12(16)14-11(10(15)8-13)9-6-4-3-5-7-9/h3-8,11,13H,2H2,1H3,(H,14,16)/t11-/m0/s1. The highest BCUT2D eigenvalue weighted by Gasteiger charge is 2.21. The average molecular weight is 234 g/mol. The SMILES string of the molecule is CCOC(=O)N[C@H](C(=O)C=N)c1ccccc1. The van der Waals surface area contributed by atoms with Crippen molar-refractivity contribution >= 4 is 18.1 Å². The Morgan fingerprint density at radius 3 is 2.59 bits per heavy atom. The highest BCUT2D eigenvalue weighted by Crippen LogP contribution is 2.13. The molecule has 5 heteroatoms. The van der Waals surface area contributed by atoms with E-state index in [0.717, 1.165) is 0 Å². The number of carbonyl (C=O) groups excluding carboxylic acids is 2. The molecule has 5 nitrogen and oxygen atoms in total. The number of alkyl carbamates (subject to hydrolysis) is 1. The summed E-state index contributed by atoms with van der Waals surface area (Å²) in [5.74, 6) is -0.496. The molecule has 0 unspecified atom stereocenters. The van der Waals surface area contributed by atoms with Gasteiger partial charge in [0.15, 0.2) is 5.78 Å². The van der Waals surface area contributed by atoms with E-state index in [0.29, 0.717) is 11.8 Å². The van der Waals surface area contributed by atoms with E-state index in [4.69, 9.17) is 10.1 Å². The van der Waals surface area contributed by atoms with Gasteiger partial charge in [0.1, 0.15) is 6.04 Å². The van der Waals surface area contributed by atoms with Gasteiger partial charge in [-0.15, -0.1) is 0 Å². The Labute approximate surface area is 99.3 Å². The fourth-order valence-corrected chi connectivity index (χ4v) is 1.34. The Bertz CT molecular complexity index is 403. The zero-order valence-corrected chi connectivity index (χ0v) is 9.47. The first-order chi connectivity index (χ1) is 8.19. The molecule has 1 atom stereocenters. The first-order valence-corrected chi connectivity index (χ1v) is 5.21. The van der Waals surface area contributed by atoms with Crippen LogP contribution >= 0.6 is 0 Å². The second-order valence-corrected chi connectivity index (χ2v) is 3.26. The van der Waals surface area contributed by atoms with Gasteiger partial charge in [-0.1, -0.05) is 30.3 Å². The first kappa shape index (κ1) is 12.9. The van der Waals surface area contributed by atoms with Gasteiger partial charge in [-0.05, 0) is 12.5 Å². The minimum atomic E-state index is -0.868. The van der Waals surface area contributed by atoms with Crippen molar-refractivity contribution in [1.82, 2.24) is 5.32 Å². The Hall–Kier alpha value is -2.17. The molecule has 0 spiro atoms. The summed E-state index contributed by atoms with van der Waals surface area (Å²) < 4.78 is 4.71. The van der Waals surface area contributed by atoms with Crippen LogP contribution in [0.4, 0.5) is 4.79 Å². The zero-order chi connectivity index (χ0) is 12.7. The number of carbonyl (C=O) groups is 2. The number of hydrogen-bond acceptors (Lipinski definition) is 4. The van der Waals surface area contributed by atoms with Gasteiger partial charge in [-0.2, -0.15) is 0 Å². The van der Waals surface area contributed by atoms with Gasteiger partial charge in [0, 0.05) is 0 Å². The molecular formula is C12H14N2O3. The van der Waals surface area contributed by atoms with Gasteiger partial charge >= 0.3 is 6.09 Å². The normalized spacial score (nSPS) is 11.4. The fraction of sp³-hybridized carbons (Fsp3) is 0.250. The van der Waals surface area contributed by atoms with Crippen LogP contribution in [0.25, 0.3) is 0 Å². The largest absolute Gasteiger partial charge is 0.450 e. The Morgan fingerprint density at radius 1 is 1.41 bits per heavy atom. The fourth-order valence-electron chi connectivity index (χ4n) is 1.34. The third kappa shape index (κ3) is 3.71. The van der Waals surface area contributed by atoms with Crippen LogP contribution in [0.3, 0.4) is 0 Å². The summed E-state index contributed by atoms with van der Waals surface area (Å²) >= 11 is 0. The summed E-state index contributed by atoms with van der Waals surface area (Å²) in [6, 6.07) is 7.86. The molecule has 0 fully saturated rings. The van der Waals surface area contributed by atoms with E-state index in [1.807, 2.05) is 0 Å². The third-order valence-electron chi connectivity index (χ3n) is 2.10. The van der Waals surface area contributed by atoms with Gasteiger partial charge in [0.05, 0.1) is 12.8 Å². The molecule has 90 valence electrons. The number of benzene rings is 1. The van der Waals surface area contributed by atoms with E-state index >= 15 is 0 Å². The number of Topliss-reactive ketones (excluding diaryl/α,β-unsaturated/α-hetero) is 1. The summed E-state index contributed by atoms with van der Waals surface area (Å²) in [5, 5.41) is 9.39. The molecule has 1 rings (SSSR count). The molecule has 0 radical (unpaired) electrons. The number of nitrogens with one attached hydrogen (secondary N) is 2. The zero-order valence-electron chi connectivity index (χ0n) is 9.47. The number of hydrogen-bond donors (Lipinski definition) is 2. The lowest BCUT2D eigenvalue weighted by Crippen LogP contribution is -2.34. The summed E-state index contributed by atoms with van der Waals surface area (Å²) in [5.41, 5.74) is 0.619. The molecular weight excluding hydrogens is 220 g/mol. The maximum atomic E-state index is 11.5. The Balaban J connectivity index is 2.85. The van der Waals surface area contributed by atoms with Crippen LogP contribution in [-0.4, -0.2) is 24.7 Å². The molecule has 0 aliphatic rings. The average Bonchev–Trinajstić information content (AvgIpc) is 2.36. The Morgan fingerprint density at radius 2 is 2.06 bits per heavy atom. The van der Waals surface area contributed by atoms with E-state index < -0.39 is 17.9 Å². The molecule has 1 aromatic rings. The van der Waals surface area contributed by atoms with Crippen LogP contribution in [0.2, 0.25) is 0 Å². The second-order valence-electron chi connectivity index (χ2n) is 3.26. The van der Waals surface area contributed by atoms with Gasteiger partial charge in [-0.3, -0.25) is 4.79 Å². The highest BCUT2D eigenvalue weighted by atomic mass is 16.5. The molecule has 17 heavy (non-hydrogen) atoms. The maximum Gasteiger partial charge on any atom is 0.407 e. The van der Waals surface area contributed by atoms with E-state index in [1.165, 1.54) is 0 Å². The minimum Gasteiger partial charge on any atom is -0.450 e. The molecule has 0 aliphatic carbocycles. The topological polar surface area (TPSA) is 79.2 Å². The number of amides is 1. The van der Waals surface area contributed by atoms with E-state index in [9.17, 15) is 9.59 Å². The molecule has 0 saturated heterocycles. The quantitative estimate of drug-likeness (QED) is 0.761. The highest BCUT2D eigenvalue weighted by molar-refractivity contribution is 6.29. The lowest BCUT2D eigenvalue weighted by Gasteiger charge is -2.15. The van der Waals surface area contributed by atoms with Crippen molar-refractivity contribution in [2.24, 2.45) is 0 Å². The van der Waals surface area contributed by atoms with Crippen LogP contribution in [0, 0.1) is 5.41 Å². The summed E-state index contributed by atoms with van der Waals surface area (Å²) in [4.78, 5) is 22.8. The number of rotatable bonds is 5. The smallest absolute Gasteiger partial charge is 0.407 e. The van der Waals surface area contributed by atoms with E-state index in [1.54, 1.807) is 37.3 Å². The lowest BCUT2D eigenvalue weighted by molar-refractivity contribution is -0.114. The second kappa shape index (κ2) is 6.42. The van der Waals surface area contributed by atoms with Crippen LogP contribution in [0.1, 0.15) is 18.5 Å². The van der Waals surface area contributed by atoms with Gasteiger partial charge in [-0.25, -0.2) is 4.79 Å². The molecule has 0 aromatic heterocycles. The van der Waals surface area contributed by atoms with E-state index in [-0.39, 0.29) is 6.61 Å². The molecule has 1 amide bonds. The van der Waals surface area contributed by atoms with Crippen molar-refractivity contribution in [2.75, 3.05) is 6.61 Å². The predicted octanol–water partition coefficient (Wildman–Crippen LogP) is 1.69. The maximum absolute atomic E-state index is 11.5. The van der Waals surface area contributed by atoms with Gasteiger partial charge in [0.2, 0.25) is 0 Å². The van der Waals surface area contributed by atoms with Crippen molar-refractivity contribution in [1.29, 1.82) is 5.41 Å². The minimum absolute atomic E-state index is 0.228. The van der Waals surface area contributed by atoms with Crippen LogP contribution < -0.4 is 5.32 Å². The molecule has 1 aromatic carbocycles. The van der Waals surface area contributed by atoms with Crippen LogP contribution in [0.15, 0.2) is 30.3 Å². The van der Waals surface area contributed by atoms with Crippen LogP contribution in [0.5, 0.6) is 0 Å². The lowest BCUT2D eigenvalue weighted by atomic mass is 10.0. The van der Waals surface area contributed by atoms with Crippen molar-refractivity contribution < 1.29 is 14.3 Å². The summed E-state index contributed by atoms with van der Waals surface area (Å²) in [6.45, 7) is 1.90. The first-order valence-electron chi connectivity index (χ1n) is 5.21.